The molecule has 5 heteroatoms. The first-order valence-corrected chi connectivity index (χ1v) is 5.09. The van der Waals surface area contributed by atoms with Crippen LogP contribution in [0.15, 0.2) is 0 Å². The number of ether oxygens (including phenoxy) is 1. The van der Waals surface area contributed by atoms with E-state index in [4.69, 9.17) is 0 Å². The zero-order chi connectivity index (χ0) is 11.5. The average Bonchev–Trinajstić information content (AvgIpc) is 2.65. The number of methoxy groups -OCH3 is 1. The molecule has 2 atom stereocenters. The fourth-order valence-electron chi connectivity index (χ4n) is 1.62. The van der Waals surface area contributed by atoms with Crippen molar-refractivity contribution in [3.63, 3.8) is 0 Å². The van der Waals surface area contributed by atoms with E-state index < -0.39 is 17.4 Å². The van der Waals surface area contributed by atoms with Gasteiger partial charge in [-0.1, -0.05) is 0 Å². The molecule has 15 heavy (non-hydrogen) atoms. The van der Waals surface area contributed by atoms with Crippen LogP contribution >= 0.6 is 0 Å². The van der Waals surface area contributed by atoms with Crippen molar-refractivity contribution in [2.45, 2.75) is 26.3 Å². The molecule has 86 valence electrons. The van der Waals surface area contributed by atoms with Gasteiger partial charge < -0.3 is 15.4 Å². The maximum atomic E-state index is 11.8. The molecule has 0 aromatic carbocycles. The zero-order valence-electron chi connectivity index (χ0n) is 9.42. The summed E-state index contributed by atoms with van der Waals surface area (Å²) < 4.78 is 4.54. The molecule has 0 radical (unpaired) electrons. The van der Waals surface area contributed by atoms with Crippen LogP contribution < -0.4 is 10.6 Å². The second-order valence-electron chi connectivity index (χ2n) is 4.21. The van der Waals surface area contributed by atoms with E-state index >= 15 is 0 Å². The number of amides is 1. The number of hydrogen-bond acceptors (Lipinski definition) is 4. The highest BCUT2D eigenvalue weighted by Gasteiger charge is 2.37. The summed E-state index contributed by atoms with van der Waals surface area (Å²) in [6, 6.07) is -0.583. The minimum absolute atomic E-state index is 0.0922. The van der Waals surface area contributed by atoms with E-state index in [1.807, 2.05) is 6.92 Å². The molecule has 0 bridgehead atoms. The number of nitrogens with one attached hydrogen (secondary N) is 2. The summed E-state index contributed by atoms with van der Waals surface area (Å²) in [6.07, 6.45) is 0.798. The van der Waals surface area contributed by atoms with Crippen molar-refractivity contribution in [3.05, 3.63) is 0 Å². The predicted octanol–water partition coefficient (Wildman–Crippen LogP) is -0.336. The Bertz CT molecular complexity index is 259. The van der Waals surface area contributed by atoms with Crippen LogP contribution in [-0.4, -0.2) is 38.1 Å². The van der Waals surface area contributed by atoms with Crippen LogP contribution in [0.25, 0.3) is 0 Å². The number of carbonyl (C=O) groups excluding carboxylic acids is 2. The fourth-order valence-corrected chi connectivity index (χ4v) is 1.62. The first kappa shape index (κ1) is 12.0. The molecule has 1 amide bonds. The molecule has 0 aliphatic carbocycles. The monoisotopic (exact) mass is 214 g/mol. The van der Waals surface area contributed by atoms with Crippen LogP contribution in [0.5, 0.6) is 0 Å². The zero-order valence-corrected chi connectivity index (χ0v) is 9.42. The molecule has 0 aromatic heterocycles. The van der Waals surface area contributed by atoms with Crippen molar-refractivity contribution in [2.75, 3.05) is 20.2 Å². The van der Waals surface area contributed by atoms with Crippen LogP contribution in [0.3, 0.4) is 0 Å². The molecule has 1 unspecified atom stereocenters. The Morgan fingerprint density at radius 2 is 2.20 bits per heavy atom. The third-order valence-electron chi connectivity index (χ3n) is 2.82. The number of esters is 1. The van der Waals surface area contributed by atoms with Gasteiger partial charge in [0.05, 0.1) is 12.5 Å². The van der Waals surface area contributed by atoms with Gasteiger partial charge in [-0.3, -0.25) is 4.79 Å². The highest BCUT2D eigenvalue weighted by Crippen LogP contribution is 2.24. The van der Waals surface area contributed by atoms with Gasteiger partial charge in [0.2, 0.25) is 5.91 Å². The van der Waals surface area contributed by atoms with Gasteiger partial charge in [-0.05, 0) is 26.8 Å². The summed E-state index contributed by atoms with van der Waals surface area (Å²) >= 11 is 0. The van der Waals surface area contributed by atoms with Gasteiger partial charge in [0.15, 0.2) is 0 Å². The van der Waals surface area contributed by atoms with Crippen molar-refractivity contribution in [1.29, 1.82) is 0 Å². The molecule has 1 saturated heterocycles. The Balaban J connectivity index is 2.51. The van der Waals surface area contributed by atoms with E-state index in [-0.39, 0.29) is 5.91 Å². The SMILES string of the molecule is COC(=O)[C@H](C)NC(=O)C1(C)CCNC1. The van der Waals surface area contributed by atoms with Crippen molar-refractivity contribution in [2.24, 2.45) is 5.41 Å². The summed E-state index contributed by atoms with van der Waals surface area (Å²) in [5.41, 5.74) is -0.401. The van der Waals surface area contributed by atoms with Crippen molar-refractivity contribution in [1.82, 2.24) is 10.6 Å². The summed E-state index contributed by atoms with van der Waals surface area (Å²) in [6.45, 7) is 5.02. The Kier molecular flexibility index (Phi) is 3.68. The van der Waals surface area contributed by atoms with Crippen LogP contribution in [0, 0.1) is 5.41 Å². The van der Waals surface area contributed by atoms with Crippen molar-refractivity contribution >= 4 is 11.9 Å². The molecule has 5 nitrogen and oxygen atoms in total. The average molecular weight is 214 g/mol. The highest BCUT2D eigenvalue weighted by molar-refractivity contribution is 5.87. The Labute approximate surface area is 89.6 Å². The summed E-state index contributed by atoms with van der Waals surface area (Å²) in [7, 11) is 1.31. The minimum atomic E-state index is -0.583. The molecular formula is C10H18N2O3. The lowest BCUT2D eigenvalue weighted by molar-refractivity contribution is -0.145. The second-order valence-corrected chi connectivity index (χ2v) is 4.21. The molecule has 1 aliphatic heterocycles. The molecule has 0 saturated carbocycles. The Morgan fingerprint density at radius 3 is 2.67 bits per heavy atom. The van der Waals surface area contributed by atoms with Gasteiger partial charge in [-0.15, -0.1) is 0 Å². The van der Waals surface area contributed by atoms with Gasteiger partial charge in [0, 0.05) is 6.54 Å². The quantitative estimate of drug-likeness (QED) is 0.631. The molecule has 1 heterocycles. The van der Waals surface area contributed by atoms with E-state index in [0.717, 1.165) is 13.0 Å². The highest BCUT2D eigenvalue weighted by atomic mass is 16.5. The predicted molar refractivity (Wildman–Crippen MR) is 55.2 cm³/mol. The number of hydrogen-bond donors (Lipinski definition) is 2. The minimum Gasteiger partial charge on any atom is -0.467 e. The van der Waals surface area contributed by atoms with Crippen molar-refractivity contribution < 1.29 is 14.3 Å². The lowest BCUT2D eigenvalue weighted by Gasteiger charge is -2.23. The van der Waals surface area contributed by atoms with Crippen LogP contribution in [-0.2, 0) is 14.3 Å². The molecular weight excluding hydrogens is 196 g/mol. The van der Waals surface area contributed by atoms with E-state index in [9.17, 15) is 9.59 Å². The van der Waals surface area contributed by atoms with E-state index in [1.165, 1.54) is 7.11 Å². The lowest BCUT2D eigenvalue weighted by atomic mass is 9.88. The first-order chi connectivity index (χ1) is 6.99. The van der Waals surface area contributed by atoms with Gasteiger partial charge in [0.25, 0.3) is 0 Å². The van der Waals surface area contributed by atoms with E-state index in [1.54, 1.807) is 6.92 Å². The van der Waals surface area contributed by atoms with Gasteiger partial charge in [0.1, 0.15) is 6.04 Å². The second kappa shape index (κ2) is 4.61. The Hall–Kier alpha value is -1.10. The van der Waals surface area contributed by atoms with Crippen LogP contribution in [0.4, 0.5) is 0 Å². The largest absolute Gasteiger partial charge is 0.467 e. The molecule has 2 N–H and O–H groups in total. The first-order valence-electron chi connectivity index (χ1n) is 5.09. The molecule has 0 spiro atoms. The van der Waals surface area contributed by atoms with Crippen molar-refractivity contribution in [3.8, 4) is 0 Å². The van der Waals surface area contributed by atoms with Gasteiger partial charge in [-0.2, -0.15) is 0 Å². The van der Waals surface area contributed by atoms with E-state index in [0.29, 0.717) is 6.54 Å². The molecule has 0 aromatic rings. The van der Waals surface area contributed by atoms with Crippen LogP contribution in [0.2, 0.25) is 0 Å². The summed E-state index contributed by atoms with van der Waals surface area (Å²) in [4.78, 5) is 23.0. The molecule has 1 fully saturated rings. The third kappa shape index (κ3) is 2.68. The number of carbonyl (C=O) groups is 2. The summed E-state index contributed by atoms with van der Waals surface area (Å²) in [5, 5.41) is 5.79. The third-order valence-corrected chi connectivity index (χ3v) is 2.82. The maximum absolute atomic E-state index is 11.8. The van der Waals surface area contributed by atoms with E-state index in [2.05, 4.69) is 15.4 Å². The normalized spacial score (nSPS) is 27.1. The lowest BCUT2D eigenvalue weighted by Crippen LogP contribution is -2.47. The molecule has 1 rings (SSSR count). The van der Waals surface area contributed by atoms with Gasteiger partial charge >= 0.3 is 5.97 Å². The topological polar surface area (TPSA) is 67.4 Å². The Morgan fingerprint density at radius 1 is 1.53 bits per heavy atom. The summed E-state index contributed by atoms with van der Waals surface area (Å²) in [5.74, 6) is -0.511. The fraction of sp³-hybridized carbons (Fsp3) is 0.800. The van der Waals surface area contributed by atoms with Gasteiger partial charge in [-0.25, -0.2) is 4.79 Å². The van der Waals surface area contributed by atoms with Crippen LogP contribution in [0.1, 0.15) is 20.3 Å². The number of rotatable bonds is 3. The maximum Gasteiger partial charge on any atom is 0.328 e. The smallest absolute Gasteiger partial charge is 0.328 e. The molecule has 1 aliphatic rings. The standard InChI is InChI=1S/C10H18N2O3/c1-7(8(13)15-3)12-9(14)10(2)4-5-11-6-10/h7,11H,4-6H2,1-3H3,(H,12,14)/t7-,10?/m0/s1.